The van der Waals surface area contributed by atoms with E-state index in [1.54, 1.807) is 12.1 Å². The molecule has 1 heterocycles. The Labute approximate surface area is 252 Å². The summed E-state index contributed by atoms with van der Waals surface area (Å²) in [5, 5.41) is 36.0. The van der Waals surface area contributed by atoms with E-state index in [0.29, 0.717) is 56.9 Å². The molecule has 7 atom stereocenters. The minimum Gasteiger partial charge on any atom is -0.508 e. The van der Waals surface area contributed by atoms with Crippen LogP contribution < -0.4 is 22.1 Å². The van der Waals surface area contributed by atoms with Gasteiger partial charge in [-0.3, -0.25) is 19.4 Å². The number of amides is 3. The van der Waals surface area contributed by atoms with E-state index in [1.807, 2.05) is 13.8 Å². The van der Waals surface area contributed by atoms with Crippen molar-refractivity contribution in [2.24, 2.45) is 28.3 Å². The molecule has 1 aromatic carbocycles. The third-order valence-corrected chi connectivity index (χ3v) is 8.15. The molecule has 1 aromatic rings. The van der Waals surface area contributed by atoms with Crippen molar-refractivity contribution in [3.05, 3.63) is 29.8 Å². The number of carbonyl (C=O) groups is 4. The van der Waals surface area contributed by atoms with Gasteiger partial charge >= 0.3 is 0 Å². The van der Waals surface area contributed by atoms with E-state index in [-0.39, 0.29) is 36.4 Å². The molecule has 43 heavy (non-hydrogen) atoms. The zero-order valence-corrected chi connectivity index (χ0v) is 24.9. The number of fused-ring (bicyclic) bond motifs is 1. The standard InChI is InChI=1S/C30H46N6O7/c1-17(2)12-23(35-28(42)26(40)13-18-5-8-21(38)9-6-18)29(43)36-24-15-22(39)10-7-19(24)14-25(36)27(41)34-20(16-37)4-3-11-33-30(31)32/h5-6,8-9,16-17,19-20,22-26,38-40H,3-4,7,10-15H2,1-2H3,(H,34,41)(H,35,42)(H4,31,32,33)/t19-,20?,22?,23+,24-,25+,26+/m0/s1. The Balaban J connectivity index is 1.78. The van der Waals surface area contributed by atoms with Gasteiger partial charge in [-0.05, 0) is 74.5 Å². The van der Waals surface area contributed by atoms with E-state index in [1.165, 1.54) is 17.0 Å². The smallest absolute Gasteiger partial charge is 0.249 e. The predicted octanol–water partition coefficient (Wildman–Crippen LogP) is -0.306. The number of guanidine groups is 1. The maximum Gasteiger partial charge on any atom is 0.249 e. The van der Waals surface area contributed by atoms with E-state index < -0.39 is 54.1 Å². The van der Waals surface area contributed by atoms with E-state index >= 15 is 0 Å². The molecule has 0 aromatic heterocycles. The minimum atomic E-state index is -1.44. The Morgan fingerprint density at radius 3 is 2.44 bits per heavy atom. The first-order valence-corrected chi connectivity index (χ1v) is 15.0. The zero-order valence-electron chi connectivity index (χ0n) is 24.9. The number of aliphatic hydroxyl groups is 2. The van der Waals surface area contributed by atoms with E-state index in [2.05, 4.69) is 15.6 Å². The predicted molar refractivity (Wildman–Crippen MR) is 159 cm³/mol. The van der Waals surface area contributed by atoms with Crippen molar-refractivity contribution in [1.29, 1.82) is 0 Å². The minimum absolute atomic E-state index is 0.00391. The second-order valence-corrected chi connectivity index (χ2v) is 12.1. The maximum atomic E-state index is 14.2. The fourth-order valence-electron chi connectivity index (χ4n) is 6.05. The third kappa shape index (κ3) is 9.65. The summed E-state index contributed by atoms with van der Waals surface area (Å²) in [6, 6.07) is 2.99. The summed E-state index contributed by atoms with van der Waals surface area (Å²) in [6.45, 7) is 4.10. The van der Waals surface area contributed by atoms with Gasteiger partial charge in [0.05, 0.1) is 12.1 Å². The topological polar surface area (TPSA) is 221 Å². The summed E-state index contributed by atoms with van der Waals surface area (Å²) in [4.78, 5) is 57.9. The van der Waals surface area contributed by atoms with Crippen LogP contribution >= 0.6 is 0 Å². The Bertz CT molecular complexity index is 1140. The molecule has 3 rings (SSSR count). The monoisotopic (exact) mass is 602 g/mol. The van der Waals surface area contributed by atoms with Gasteiger partial charge in [-0.2, -0.15) is 0 Å². The first kappa shape index (κ1) is 33.8. The van der Waals surface area contributed by atoms with Gasteiger partial charge in [-0.25, -0.2) is 0 Å². The Morgan fingerprint density at radius 2 is 1.81 bits per heavy atom. The first-order chi connectivity index (χ1) is 20.4. The quantitative estimate of drug-likeness (QED) is 0.0642. The molecule has 13 heteroatoms. The van der Waals surface area contributed by atoms with Crippen LogP contribution in [0.15, 0.2) is 29.3 Å². The number of hydrogen-bond acceptors (Lipinski definition) is 8. The van der Waals surface area contributed by atoms with Crippen molar-refractivity contribution in [2.75, 3.05) is 6.54 Å². The molecule has 0 radical (unpaired) electrons. The number of nitrogens with one attached hydrogen (secondary N) is 2. The number of benzene rings is 1. The largest absolute Gasteiger partial charge is 0.508 e. The number of phenols is 1. The first-order valence-electron chi connectivity index (χ1n) is 15.0. The van der Waals surface area contributed by atoms with E-state index in [0.717, 1.165) is 0 Å². The molecular weight excluding hydrogens is 556 g/mol. The number of likely N-dealkylation sites (tertiary alicyclic amines) is 1. The van der Waals surface area contributed by atoms with Gasteiger partial charge in [-0.15, -0.1) is 0 Å². The van der Waals surface area contributed by atoms with Gasteiger partial charge in [0, 0.05) is 19.0 Å². The Hall–Kier alpha value is -3.71. The number of nitrogens with zero attached hydrogens (tertiary/aromatic N) is 2. The molecule has 2 unspecified atom stereocenters. The number of rotatable bonds is 14. The molecular formula is C30H46N6O7. The highest BCUT2D eigenvalue weighted by atomic mass is 16.3. The number of aromatic hydroxyl groups is 1. The van der Waals surface area contributed by atoms with E-state index in [4.69, 9.17) is 11.5 Å². The van der Waals surface area contributed by atoms with Crippen LogP contribution in [0.5, 0.6) is 5.75 Å². The van der Waals surface area contributed by atoms with Gasteiger partial charge < -0.3 is 47.1 Å². The van der Waals surface area contributed by atoms with E-state index in [9.17, 15) is 34.5 Å². The summed E-state index contributed by atoms with van der Waals surface area (Å²) in [7, 11) is 0. The molecule has 1 aliphatic heterocycles. The molecule has 0 bridgehead atoms. The molecule has 0 spiro atoms. The maximum absolute atomic E-state index is 14.2. The molecule has 1 aliphatic carbocycles. The number of carbonyl (C=O) groups excluding carboxylic acids is 4. The number of phenolic OH excluding ortho intramolecular Hbond substituents is 1. The van der Waals surface area contributed by atoms with Crippen LogP contribution in [0.25, 0.3) is 0 Å². The van der Waals surface area contributed by atoms with Crippen LogP contribution in [0.1, 0.15) is 64.4 Å². The fourth-order valence-corrected chi connectivity index (χ4v) is 6.05. The summed E-state index contributed by atoms with van der Waals surface area (Å²) in [6.07, 6.45) is 1.48. The lowest BCUT2D eigenvalue weighted by Gasteiger charge is -2.38. The molecule has 2 aliphatic rings. The normalized spacial score (nSPS) is 23.5. The Morgan fingerprint density at radius 1 is 1.12 bits per heavy atom. The zero-order chi connectivity index (χ0) is 31.7. The molecule has 13 nitrogen and oxygen atoms in total. The molecule has 1 saturated carbocycles. The summed E-state index contributed by atoms with van der Waals surface area (Å²) >= 11 is 0. The van der Waals surface area contributed by atoms with Crippen LogP contribution in [-0.2, 0) is 25.6 Å². The average molecular weight is 603 g/mol. The number of aliphatic imine (C=N–C) groups is 1. The molecule has 9 N–H and O–H groups in total. The van der Waals surface area contributed by atoms with Crippen molar-refractivity contribution in [3.8, 4) is 5.75 Å². The van der Waals surface area contributed by atoms with Crippen molar-refractivity contribution < 1.29 is 34.5 Å². The fraction of sp³-hybridized carbons (Fsp3) is 0.633. The third-order valence-electron chi connectivity index (χ3n) is 8.15. The van der Waals surface area contributed by atoms with Crippen molar-refractivity contribution >= 4 is 30.0 Å². The van der Waals surface area contributed by atoms with Gasteiger partial charge in [0.15, 0.2) is 5.96 Å². The van der Waals surface area contributed by atoms with Gasteiger partial charge in [-0.1, -0.05) is 26.0 Å². The van der Waals surface area contributed by atoms with Crippen LogP contribution in [0.3, 0.4) is 0 Å². The second kappa shape index (κ2) is 15.7. The molecule has 3 amide bonds. The highest BCUT2D eigenvalue weighted by Gasteiger charge is 2.50. The van der Waals surface area contributed by atoms with Crippen LogP contribution in [0, 0.1) is 11.8 Å². The van der Waals surface area contributed by atoms with Gasteiger partial charge in [0.25, 0.3) is 0 Å². The van der Waals surface area contributed by atoms with Gasteiger partial charge in [0.1, 0.15) is 30.2 Å². The molecule has 1 saturated heterocycles. The lowest BCUT2D eigenvalue weighted by Crippen LogP contribution is -2.58. The number of nitrogens with two attached hydrogens (primary N) is 2. The molecule has 238 valence electrons. The van der Waals surface area contributed by atoms with Crippen LogP contribution in [0.2, 0.25) is 0 Å². The highest BCUT2D eigenvalue weighted by Crippen LogP contribution is 2.40. The number of aliphatic hydroxyl groups excluding tert-OH is 2. The Kier molecular flexibility index (Phi) is 12.3. The second-order valence-electron chi connectivity index (χ2n) is 12.1. The van der Waals surface area contributed by atoms with Crippen LogP contribution in [-0.4, -0.2) is 93.1 Å². The van der Waals surface area contributed by atoms with Crippen molar-refractivity contribution in [2.45, 2.75) is 102 Å². The highest BCUT2D eigenvalue weighted by molar-refractivity contribution is 5.94. The number of aldehydes is 1. The lowest BCUT2D eigenvalue weighted by molar-refractivity contribution is -0.146. The van der Waals surface area contributed by atoms with Crippen LogP contribution in [0.4, 0.5) is 0 Å². The average Bonchev–Trinajstić information content (AvgIpc) is 3.33. The van der Waals surface area contributed by atoms with Gasteiger partial charge in [0.2, 0.25) is 17.7 Å². The lowest BCUT2D eigenvalue weighted by atomic mass is 9.83. The SMILES string of the molecule is CC(C)C[C@@H](NC(=O)[C@H](O)Cc1ccc(O)cc1)C(=O)N1[C@@H](C(=O)NC(C=O)CCCN=C(N)N)C[C@@H]2CCC(O)C[C@@H]21. The summed E-state index contributed by atoms with van der Waals surface area (Å²) in [5.41, 5.74) is 11.3. The van der Waals surface area contributed by atoms with Crippen molar-refractivity contribution in [1.82, 2.24) is 15.5 Å². The van der Waals surface area contributed by atoms with Crippen molar-refractivity contribution in [3.63, 3.8) is 0 Å². The molecule has 2 fully saturated rings. The summed E-state index contributed by atoms with van der Waals surface area (Å²) in [5.74, 6) is -1.69. The number of hydrogen-bond donors (Lipinski definition) is 7. The summed E-state index contributed by atoms with van der Waals surface area (Å²) < 4.78 is 0.